The van der Waals surface area contributed by atoms with Crippen molar-refractivity contribution in [1.29, 1.82) is 0 Å². The molecule has 10 heteroatoms. The summed E-state index contributed by atoms with van der Waals surface area (Å²) in [5.41, 5.74) is 0.0757. The fraction of sp³-hybridized carbons (Fsp3) is 0.737. The molecule has 0 spiro atoms. The smallest absolute Gasteiger partial charge is 0.543 e. The molecule has 0 aromatic carbocycles. The monoisotopic (exact) mass is 449 g/mol. The van der Waals surface area contributed by atoms with Crippen molar-refractivity contribution < 1.29 is 76.0 Å². The third kappa shape index (κ3) is 4.95. The van der Waals surface area contributed by atoms with Crippen LogP contribution in [-0.4, -0.2) is 64.8 Å². The van der Waals surface area contributed by atoms with Gasteiger partial charge in [-0.2, -0.15) is 0 Å². The molecule has 4 aliphatic heterocycles. The Balaban J connectivity index is 0.000000708. The fourth-order valence-electron chi connectivity index (χ4n) is 4.69. The Morgan fingerprint density at radius 3 is 2.48 bits per heavy atom. The summed E-state index contributed by atoms with van der Waals surface area (Å²) in [6.07, 6.45) is 1.45. The molecule has 0 bridgehead atoms. The average Bonchev–Trinajstić information content (AvgIpc) is 3.33. The average molecular weight is 450 g/mol. The van der Waals surface area contributed by atoms with Gasteiger partial charge in [-0.05, 0) is 13.3 Å². The molecule has 3 N–H and O–H groups in total. The van der Waals surface area contributed by atoms with Crippen LogP contribution in [0.2, 0.25) is 0 Å². The number of carbonyl (C=O) groups excluding carboxylic acids is 3. The number of fused-ring (bicyclic) bond motifs is 1. The summed E-state index contributed by atoms with van der Waals surface area (Å²) in [5, 5.41) is 25.8. The summed E-state index contributed by atoms with van der Waals surface area (Å²) in [7, 11) is 0. The van der Waals surface area contributed by atoms with E-state index in [2.05, 4.69) is 10.6 Å². The topological polar surface area (TPSA) is 122 Å². The van der Waals surface area contributed by atoms with Gasteiger partial charge in [0, 0.05) is 54.1 Å². The third-order valence-electron chi connectivity index (χ3n) is 6.03. The van der Waals surface area contributed by atoms with Crippen LogP contribution in [0.4, 0.5) is 0 Å². The molecular formula is C19H28KN3O5S. The number of nitrogens with zero attached hydrogens (tertiary/aromatic N) is 1. The van der Waals surface area contributed by atoms with E-state index in [1.165, 1.54) is 4.90 Å². The SMILES string of the molecule is CC1C(=O)N2C(C(=O)[O-])=C(SC3CNC(C4CNC(=O)C4)C3)C(C)C12.CCO.[K+]. The molecule has 8 nitrogen and oxygen atoms in total. The molecule has 0 saturated carbocycles. The van der Waals surface area contributed by atoms with E-state index in [0.29, 0.717) is 18.9 Å². The predicted molar refractivity (Wildman–Crippen MR) is 103 cm³/mol. The van der Waals surface area contributed by atoms with Crippen LogP contribution in [0.3, 0.4) is 0 Å². The summed E-state index contributed by atoms with van der Waals surface area (Å²) in [6, 6.07) is 0.224. The summed E-state index contributed by atoms with van der Waals surface area (Å²) in [6.45, 7) is 7.28. The van der Waals surface area contributed by atoms with Crippen LogP contribution in [0.25, 0.3) is 0 Å². The number of aliphatic carboxylic acids is 1. The van der Waals surface area contributed by atoms with Crippen molar-refractivity contribution in [2.45, 2.75) is 50.9 Å². The van der Waals surface area contributed by atoms with Crippen molar-refractivity contribution in [3.63, 3.8) is 0 Å². The fourth-order valence-corrected chi connectivity index (χ4v) is 6.18. The van der Waals surface area contributed by atoms with E-state index < -0.39 is 5.97 Å². The van der Waals surface area contributed by atoms with Gasteiger partial charge in [-0.15, -0.1) is 11.8 Å². The van der Waals surface area contributed by atoms with Crippen molar-refractivity contribution in [2.75, 3.05) is 19.7 Å². The Morgan fingerprint density at radius 1 is 1.28 bits per heavy atom. The first kappa shape index (κ1) is 25.3. The Labute approximate surface area is 218 Å². The number of β-lactam (4-membered cyclic amide) rings is 1. The summed E-state index contributed by atoms with van der Waals surface area (Å²) in [4.78, 5) is 37.3. The zero-order valence-corrected chi connectivity index (χ0v) is 21.4. The van der Waals surface area contributed by atoms with Crippen molar-refractivity contribution in [1.82, 2.24) is 15.5 Å². The Morgan fingerprint density at radius 2 is 1.93 bits per heavy atom. The zero-order chi connectivity index (χ0) is 20.6. The van der Waals surface area contributed by atoms with Crippen LogP contribution in [0.15, 0.2) is 10.6 Å². The van der Waals surface area contributed by atoms with Crippen molar-refractivity contribution in [3.05, 3.63) is 10.6 Å². The van der Waals surface area contributed by atoms with Crippen molar-refractivity contribution in [3.8, 4) is 0 Å². The van der Waals surface area contributed by atoms with Crippen LogP contribution >= 0.6 is 11.8 Å². The molecule has 4 aliphatic rings. The van der Waals surface area contributed by atoms with Crippen LogP contribution < -0.4 is 67.1 Å². The number of hydrogen-bond acceptors (Lipinski definition) is 7. The molecular weight excluding hydrogens is 421 g/mol. The van der Waals surface area contributed by atoms with Gasteiger partial charge in [0.25, 0.3) is 0 Å². The normalized spacial score (nSPS) is 35.4. The van der Waals surface area contributed by atoms with E-state index >= 15 is 0 Å². The second-order valence-electron chi connectivity index (χ2n) is 7.85. The van der Waals surface area contributed by atoms with E-state index in [4.69, 9.17) is 5.11 Å². The number of carboxylic acids is 1. The van der Waals surface area contributed by atoms with Gasteiger partial charge in [0.15, 0.2) is 0 Å². The van der Waals surface area contributed by atoms with Gasteiger partial charge in [-0.1, -0.05) is 13.8 Å². The van der Waals surface area contributed by atoms with Crippen LogP contribution in [0.5, 0.6) is 0 Å². The van der Waals surface area contributed by atoms with E-state index in [0.717, 1.165) is 17.9 Å². The van der Waals surface area contributed by atoms with Gasteiger partial charge in [0.1, 0.15) is 0 Å². The van der Waals surface area contributed by atoms with Gasteiger partial charge in [-0.3, -0.25) is 9.59 Å². The van der Waals surface area contributed by atoms with Gasteiger partial charge < -0.3 is 30.5 Å². The van der Waals surface area contributed by atoms with Crippen LogP contribution in [0.1, 0.15) is 33.6 Å². The Bertz CT molecular complexity index is 703. The molecule has 0 aromatic rings. The molecule has 6 atom stereocenters. The number of hydrogen-bond donors (Lipinski definition) is 3. The first-order valence-corrected chi connectivity index (χ1v) is 10.7. The number of rotatable bonds is 4. The summed E-state index contributed by atoms with van der Waals surface area (Å²) < 4.78 is 0. The Kier molecular flexibility index (Phi) is 9.24. The largest absolute Gasteiger partial charge is 1.00 e. The minimum absolute atomic E-state index is 0. The molecule has 6 unspecified atom stereocenters. The molecule has 3 saturated heterocycles. The summed E-state index contributed by atoms with van der Waals surface area (Å²) in [5.74, 6) is -1.08. The van der Waals surface area contributed by atoms with Gasteiger partial charge in [-0.25, -0.2) is 0 Å². The maximum atomic E-state index is 12.1. The van der Waals surface area contributed by atoms with E-state index in [1.54, 1.807) is 18.7 Å². The molecule has 156 valence electrons. The maximum Gasteiger partial charge on any atom is 1.00 e. The minimum atomic E-state index is -1.26. The number of amides is 2. The number of thioether (sulfide) groups is 1. The number of aliphatic hydroxyl groups is 1. The predicted octanol–water partition coefficient (Wildman–Crippen LogP) is -3.95. The molecule has 0 radical (unpaired) electrons. The van der Waals surface area contributed by atoms with E-state index in [9.17, 15) is 19.5 Å². The standard InChI is InChI=1S/C17H23N3O4S.C2H6O.K/c1-7-13-8(2)16(22)20(13)14(17(23)24)15(7)25-10-4-11(18-6-10)9-3-12(21)19-5-9;1-2-3;/h7-11,13,18H,3-6H2,1-2H3,(H,19,21)(H,23,24);3H,2H2,1H3;/q;;+1/p-1. The number of nitrogens with one attached hydrogen (secondary N) is 2. The van der Waals surface area contributed by atoms with E-state index in [1.807, 2.05) is 13.8 Å². The number of carboxylic acid groups (broad SMARTS) is 1. The first-order valence-electron chi connectivity index (χ1n) is 9.86. The molecule has 29 heavy (non-hydrogen) atoms. The zero-order valence-electron chi connectivity index (χ0n) is 17.4. The third-order valence-corrected chi connectivity index (χ3v) is 7.54. The Hall–Kier alpha value is 0.0564. The van der Waals surface area contributed by atoms with Gasteiger partial charge in [0.05, 0.1) is 23.6 Å². The second kappa shape index (κ2) is 10.6. The van der Waals surface area contributed by atoms with Crippen LogP contribution in [-0.2, 0) is 14.4 Å². The number of carbonyl (C=O) groups is 3. The molecule has 0 aliphatic carbocycles. The van der Waals surface area contributed by atoms with Crippen molar-refractivity contribution >= 4 is 29.5 Å². The van der Waals surface area contributed by atoms with Gasteiger partial charge >= 0.3 is 51.4 Å². The summed E-state index contributed by atoms with van der Waals surface area (Å²) >= 11 is 1.57. The molecule has 4 rings (SSSR count). The first-order chi connectivity index (χ1) is 13.3. The van der Waals surface area contributed by atoms with Gasteiger partial charge in [0.2, 0.25) is 11.8 Å². The molecule has 0 aromatic heterocycles. The maximum absolute atomic E-state index is 12.1. The molecule has 3 fully saturated rings. The van der Waals surface area contributed by atoms with Crippen molar-refractivity contribution in [2.24, 2.45) is 17.8 Å². The molecule has 4 heterocycles. The second-order valence-corrected chi connectivity index (χ2v) is 9.19. The van der Waals surface area contributed by atoms with E-state index in [-0.39, 0.29) is 105 Å². The molecule has 2 amide bonds. The van der Waals surface area contributed by atoms with Crippen LogP contribution in [0, 0.1) is 17.8 Å². The minimum Gasteiger partial charge on any atom is -0.543 e. The quantitative estimate of drug-likeness (QED) is 0.296. The number of aliphatic hydroxyl groups excluding tert-OH is 1.